The van der Waals surface area contributed by atoms with Crippen LogP contribution in [0.25, 0.3) is 11.1 Å². The number of nitrogens with zero attached hydrogens (tertiary/aromatic N) is 6. The smallest absolute Gasteiger partial charge is 0.259 e. The van der Waals surface area contributed by atoms with E-state index in [-0.39, 0.29) is 0 Å². The molecule has 0 fully saturated rings. The second-order valence-corrected chi connectivity index (χ2v) is 7.09. The van der Waals surface area contributed by atoms with Crippen LogP contribution in [-0.4, -0.2) is 29.5 Å². The maximum Gasteiger partial charge on any atom is 0.288 e. The first-order chi connectivity index (χ1) is 16.8. The van der Waals surface area contributed by atoms with Gasteiger partial charge >= 0.3 is 0 Å². The highest BCUT2D eigenvalue weighted by atomic mass is 16.6. The molecule has 0 saturated heterocycles. The van der Waals surface area contributed by atoms with Crippen LogP contribution in [0.15, 0.2) is 47.8 Å². The summed E-state index contributed by atoms with van der Waals surface area (Å²) in [5, 5.41) is 69.2. The lowest BCUT2D eigenvalue weighted by molar-refractivity contribution is -0.435. The standard InChI is InChI=1S/C18H10N6O12/c25-19(26)9-1-3-11(15(7-9)22(31)32)12-5-6-14(21(29)30)17(18(12)24(35)36)13-4-2-10(20(27)28)8-16(13)23(33)34/h1-4,7-8H,5-6H2. The van der Waals surface area contributed by atoms with E-state index in [1.165, 1.54) is 0 Å². The van der Waals surface area contributed by atoms with Gasteiger partial charge in [0.1, 0.15) is 5.57 Å². The van der Waals surface area contributed by atoms with Crippen LogP contribution in [0.3, 0.4) is 0 Å². The van der Waals surface area contributed by atoms with E-state index in [0.29, 0.717) is 12.1 Å². The summed E-state index contributed by atoms with van der Waals surface area (Å²) in [4.78, 5) is 63.0. The van der Waals surface area contributed by atoms with Crippen molar-refractivity contribution in [2.75, 3.05) is 0 Å². The third kappa shape index (κ3) is 4.40. The molecule has 18 heteroatoms. The van der Waals surface area contributed by atoms with Crippen LogP contribution in [0.4, 0.5) is 22.7 Å². The summed E-state index contributed by atoms with van der Waals surface area (Å²) >= 11 is 0. The third-order valence-electron chi connectivity index (χ3n) is 5.20. The fourth-order valence-corrected chi connectivity index (χ4v) is 3.74. The zero-order valence-corrected chi connectivity index (χ0v) is 17.5. The Labute approximate surface area is 196 Å². The molecule has 2 aromatic rings. The van der Waals surface area contributed by atoms with Gasteiger partial charge in [-0.1, -0.05) is 0 Å². The fourth-order valence-electron chi connectivity index (χ4n) is 3.74. The van der Waals surface area contributed by atoms with Crippen molar-refractivity contribution < 1.29 is 29.5 Å². The molecule has 0 heterocycles. The van der Waals surface area contributed by atoms with E-state index < -0.39 is 98.8 Å². The summed E-state index contributed by atoms with van der Waals surface area (Å²) in [6, 6.07) is 4.24. The number of nitro groups is 6. The number of non-ortho nitro benzene ring substituents is 2. The first kappa shape index (κ1) is 25.0. The normalized spacial score (nSPS) is 13.3. The minimum atomic E-state index is -1.12. The fraction of sp³-hybridized carbons (Fsp3) is 0.111. The third-order valence-corrected chi connectivity index (χ3v) is 5.20. The quantitative estimate of drug-likeness (QED) is 0.368. The highest BCUT2D eigenvalue weighted by molar-refractivity contribution is 5.94. The Hall–Kier alpha value is -5.68. The molecule has 1 aliphatic carbocycles. The predicted molar refractivity (Wildman–Crippen MR) is 117 cm³/mol. The largest absolute Gasteiger partial charge is 0.288 e. The second-order valence-electron chi connectivity index (χ2n) is 7.09. The van der Waals surface area contributed by atoms with E-state index in [0.717, 1.165) is 24.3 Å². The van der Waals surface area contributed by atoms with E-state index in [4.69, 9.17) is 0 Å². The maximum atomic E-state index is 12.1. The molecule has 184 valence electrons. The van der Waals surface area contributed by atoms with Gasteiger partial charge in [0, 0.05) is 24.1 Å². The van der Waals surface area contributed by atoms with Crippen LogP contribution in [0.2, 0.25) is 0 Å². The first-order valence-corrected chi connectivity index (χ1v) is 9.47. The van der Waals surface area contributed by atoms with E-state index >= 15 is 0 Å². The summed E-state index contributed by atoms with van der Waals surface area (Å²) in [5.74, 6) is 0. The maximum absolute atomic E-state index is 12.1. The molecule has 0 unspecified atom stereocenters. The van der Waals surface area contributed by atoms with Crippen molar-refractivity contribution in [3.8, 4) is 0 Å². The average Bonchev–Trinajstić information content (AvgIpc) is 2.81. The van der Waals surface area contributed by atoms with E-state index in [1.807, 2.05) is 0 Å². The van der Waals surface area contributed by atoms with Gasteiger partial charge in [-0.15, -0.1) is 0 Å². The Morgan fingerprint density at radius 1 is 0.528 bits per heavy atom. The second kappa shape index (κ2) is 9.29. The summed E-state index contributed by atoms with van der Waals surface area (Å²) in [6.07, 6.45) is -1.05. The van der Waals surface area contributed by atoms with Gasteiger partial charge < -0.3 is 0 Å². The molecule has 0 spiro atoms. The molecule has 36 heavy (non-hydrogen) atoms. The Balaban J connectivity index is 2.46. The van der Waals surface area contributed by atoms with Crippen molar-refractivity contribution in [2.45, 2.75) is 12.8 Å². The topological polar surface area (TPSA) is 259 Å². The Kier molecular flexibility index (Phi) is 6.44. The molecular formula is C18H10N6O12. The number of hydrogen-bond donors (Lipinski definition) is 0. The number of benzene rings is 2. The van der Waals surface area contributed by atoms with Crippen LogP contribution >= 0.6 is 0 Å². The van der Waals surface area contributed by atoms with Gasteiger partial charge in [0.25, 0.3) is 34.1 Å². The highest BCUT2D eigenvalue weighted by Gasteiger charge is 2.42. The van der Waals surface area contributed by atoms with Crippen molar-refractivity contribution in [1.29, 1.82) is 0 Å². The monoisotopic (exact) mass is 502 g/mol. The van der Waals surface area contributed by atoms with Crippen LogP contribution < -0.4 is 0 Å². The average molecular weight is 502 g/mol. The van der Waals surface area contributed by atoms with Crippen molar-refractivity contribution in [2.24, 2.45) is 0 Å². The molecule has 0 radical (unpaired) electrons. The number of allylic oxidation sites excluding steroid dienone is 3. The molecule has 1 aliphatic rings. The summed E-state index contributed by atoms with van der Waals surface area (Å²) in [5.41, 5.74) is -7.76. The molecule has 3 rings (SSSR count). The van der Waals surface area contributed by atoms with E-state index in [1.54, 1.807) is 0 Å². The summed E-state index contributed by atoms with van der Waals surface area (Å²) in [7, 11) is 0. The number of nitro benzene ring substituents is 4. The summed E-state index contributed by atoms with van der Waals surface area (Å²) in [6.45, 7) is 0. The predicted octanol–water partition coefficient (Wildman–Crippen LogP) is 3.79. The molecule has 0 bridgehead atoms. The van der Waals surface area contributed by atoms with Crippen molar-refractivity contribution in [3.63, 3.8) is 0 Å². The van der Waals surface area contributed by atoms with Crippen molar-refractivity contribution in [3.05, 3.63) is 120 Å². The highest BCUT2D eigenvalue weighted by Crippen LogP contribution is 2.46. The van der Waals surface area contributed by atoms with Crippen molar-refractivity contribution in [1.82, 2.24) is 0 Å². The SMILES string of the molecule is O=[N+]([O-])C1=C(c2ccc([N+](=O)[O-])cc2[N+](=O)[O-])C([N+](=O)[O-])=C(c2ccc([N+](=O)[O-])cc2[N+](=O)[O-])CC1. The summed E-state index contributed by atoms with van der Waals surface area (Å²) < 4.78 is 0. The van der Waals surface area contributed by atoms with Gasteiger partial charge in [-0.05, 0) is 18.6 Å². The zero-order chi connectivity index (χ0) is 26.9. The molecular weight excluding hydrogens is 492 g/mol. The lowest BCUT2D eigenvalue weighted by Gasteiger charge is -2.17. The Morgan fingerprint density at radius 2 is 1.00 bits per heavy atom. The molecule has 0 N–H and O–H groups in total. The molecule has 0 aromatic heterocycles. The first-order valence-electron chi connectivity index (χ1n) is 9.47. The van der Waals surface area contributed by atoms with Crippen LogP contribution in [0.1, 0.15) is 24.0 Å². The lowest BCUT2D eigenvalue weighted by Crippen LogP contribution is -2.17. The van der Waals surface area contributed by atoms with E-state index in [2.05, 4.69) is 0 Å². The zero-order valence-electron chi connectivity index (χ0n) is 17.5. The van der Waals surface area contributed by atoms with Gasteiger partial charge in [0.15, 0.2) is 0 Å². The number of hydrogen-bond acceptors (Lipinski definition) is 12. The minimum Gasteiger partial charge on any atom is -0.259 e. The van der Waals surface area contributed by atoms with Gasteiger partial charge in [-0.3, -0.25) is 60.7 Å². The molecule has 2 aromatic carbocycles. The molecule has 18 nitrogen and oxygen atoms in total. The van der Waals surface area contributed by atoms with Crippen LogP contribution in [0, 0.1) is 60.7 Å². The minimum absolute atomic E-state index is 0.435. The van der Waals surface area contributed by atoms with Crippen LogP contribution in [-0.2, 0) is 0 Å². The van der Waals surface area contributed by atoms with E-state index in [9.17, 15) is 60.7 Å². The lowest BCUT2D eigenvalue weighted by atomic mass is 9.84. The van der Waals surface area contributed by atoms with Gasteiger partial charge in [-0.2, -0.15) is 0 Å². The molecule has 0 aliphatic heterocycles. The van der Waals surface area contributed by atoms with Gasteiger partial charge in [-0.25, -0.2) is 0 Å². The molecule has 0 amide bonds. The molecule has 0 atom stereocenters. The Bertz CT molecular complexity index is 1460. The van der Waals surface area contributed by atoms with Gasteiger partial charge in [0.05, 0.1) is 52.8 Å². The van der Waals surface area contributed by atoms with Crippen molar-refractivity contribution >= 4 is 33.9 Å². The van der Waals surface area contributed by atoms with Crippen LogP contribution in [0.5, 0.6) is 0 Å². The van der Waals surface area contributed by atoms with Gasteiger partial charge in [0.2, 0.25) is 0 Å². The number of rotatable bonds is 8. The molecule has 0 saturated carbocycles. The Morgan fingerprint density at radius 3 is 1.42 bits per heavy atom.